The Morgan fingerprint density at radius 2 is 2.13 bits per heavy atom. The minimum Gasteiger partial charge on any atom is -0.332 e. The van der Waals surface area contributed by atoms with Crippen molar-refractivity contribution in [1.29, 1.82) is 0 Å². The van der Waals surface area contributed by atoms with E-state index in [0.717, 1.165) is 27.1 Å². The molecule has 2 aromatic heterocycles. The third-order valence-corrected chi connectivity index (χ3v) is 5.72. The summed E-state index contributed by atoms with van der Waals surface area (Å²) in [5.41, 5.74) is 2.96. The Morgan fingerprint density at radius 1 is 1.35 bits per heavy atom. The monoisotopic (exact) mass is 348 g/mol. The number of carbonyl (C=O) groups excluding carboxylic acids is 1. The number of carbonyl (C=O) groups is 1. The summed E-state index contributed by atoms with van der Waals surface area (Å²) in [5.74, 6) is 1.37. The summed E-state index contributed by atoms with van der Waals surface area (Å²) in [7, 11) is 0. The van der Waals surface area contributed by atoms with Crippen LogP contribution in [0.25, 0.3) is 0 Å². The van der Waals surface area contributed by atoms with Crippen LogP contribution in [0.5, 0.6) is 0 Å². The molecule has 2 aromatic rings. The predicted octanol–water partition coefficient (Wildman–Crippen LogP) is 3.17. The molecule has 0 unspecified atom stereocenters. The largest absolute Gasteiger partial charge is 0.332 e. The maximum atomic E-state index is 12.4. The van der Waals surface area contributed by atoms with Gasteiger partial charge in [-0.05, 0) is 6.92 Å². The average Bonchev–Trinajstić information content (AvgIpc) is 3.08. The Labute approximate surface area is 144 Å². The third-order valence-electron chi connectivity index (χ3n) is 3.60. The van der Waals surface area contributed by atoms with Gasteiger partial charge in [0.1, 0.15) is 5.82 Å². The van der Waals surface area contributed by atoms with Gasteiger partial charge < -0.3 is 4.90 Å². The summed E-state index contributed by atoms with van der Waals surface area (Å²) in [6, 6.07) is 0. The van der Waals surface area contributed by atoms with E-state index in [0.29, 0.717) is 18.8 Å². The first kappa shape index (κ1) is 16.4. The van der Waals surface area contributed by atoms with E-state index in [-0.39, 0.29) is 11.3 Å². The van der Waals surface area contributed by atoms with Crippen molar-refractivity contribution in [2.24, 2.45) is 0 Å². The molecule has 1 amide bonds. The van der Waals surface area contributed by atoms with Crippen molar-refractivity contribution >= 4 is 29.0 Å². The summed E-state index contributed by atoms with van der Waals surface area (Å²) in [6.45, 7) is 9.44. The van der Waals surface area contributed by atoms with Crippen LogP contribution >= 0.6 is 23.1 Å². The van der Waals surface area contributed by atoms with Crippen molar-refractivity contribution in [3.05, 3.63) is 34.4 Å². The Bertz CT molecular complexity index is 736. The van der Waals surface area contributed by atoms with Crippen LogP contribution in [0.1, 0.15) is 43.5 Å². The van der Waals surface area contributed by atoms with E-state index in [2.05, 4.69) is 35.7 Å². The second-order valence-corrected chi connectivity index (χ2v) is 8.79. The molecule has 1 aliphatic rings. The molecule has 23 heavy (non-hydrogen) atoms. The van der Waals surface area contributed by atoms with Crippen LogP contribution < -0.4 is 0 Å². The number of thiazole rings is 1. The number of amides is 1. The summed E-state index contributed by atoms with van der Waals surface area (Å²) in [6.07, 6.45) is 1.87. The maximum absolute atomic E-state index is 12.4. The van der Waals surface area contributed by atoms with Crippen molar-refractivity contribution in [2.45, 2.75) is 50.5 Å². The molecule has 0 radical (unpaired) electrons. The first-order valence-corrected chi connectivity index (χ1v) is 9.37. The molecular formula is C16H20N4OS2. The van der Waals surface area contributed by atoms with Gasteiger partial charge in [0.05, 0.1) is 18.0 Å². The number of aryl methyl sites for hydroxylation is 1. The minimum absolute atomic E-state index is 0.0784. The van der Waals surface area contributed by atoms with E-state index in [4.69, 9.17) is 0 Å². The molecule has 7 heteroatoms. The fourth-order valence-corrected chi connectivity index (χ4v) is 4.06. The van der Waals surface area contributed by atoms with Gasteiger partial charge in [0.25, 0.3) is 0 Å². The quantitative estimate of drug-likeness (QED) is 0.798. The van der Waals surface area contributed by atoms with Gasteiger partial charge in [0.2, 0.25) is 5.91 Å². The fourth-order valence-electron chi connectivity index (χ4n) is 2.30. The topological polar surface area (TPSA) is 59.0 Å². The Balaban J connectivity index is 1.63. The number of thioether (sulfide) groups is 1. The van der Waals surface area contributed by atoms with Crippen molar-refractivity contribution in [3.63, 3.8) is 0 Å². The molecule has 0 bridgehead atoms. The Morgan fingerprint density at radius 3 is 2.78 bits per heavy atom. The molecular weight excluding hydrogens is 328 g/mol. The van der Waals surface area contributed by atoms with E-state index in [1.54, 1.807) is 11.3 Å². The zero-order valence-electron chi connectivity index (χ0n) is 13.8. The van der Waals surface area contributed by atoms with Gasteiger partial charge in [-0.25, -0.2) is 15.0 Å². The highest BCUT2D eigenvalue weighted by molar-refractivity contribution is 8.01. The normalized spacial score (nSPS) is 14.2. The zero-order valence-corrected chi connectivity index (χ0v) is 15.4. The number of fused-ring (bicyclic) bond motifs is 1. The van der Waals surface area contributed by atoms with Gasteiger partial charge in [-0.15, -0.1) is 11.3 Å². The molecule has 0 saturated carbocycles. The van der Waals surface area contributed by atoms with Crippen molar-refractivity contribution in [1.82, 2.24) is 19.9 Å². The molecule has 3 heterocycles. The van der Waals surface area contributed by atoms with Gasteiger partial charge in [-0.1, -0.05) is 32.5 Å². The lowest BCUT2D eigenvalue weighted by atomic mass is 9.95. The molecule has 0 aliphatic carbocycles. The minimum atomic E-state index is -0.0784. The van der Waals surface area contributed by atoms with Crippen LogP contribution in [-0.2, 0) is 23.3 Å². The van der Waals surface area contributed by atoms with Crippen LogP contribution in [-0.4, -0.2) is 31.5 Å². The number of nitrogens with zero attached hydrogens (tertiary/aromatic N) is 4. The first-order chi connectivity index (χ1) is 10.8. The summed E-state index contributed by atoms with van der Waals surface area (Å²) < 4.78 is 0.947. The second-order valence-electron chi connectivity index (χ2n) is 6.71. The lowest BCUT2D eigenvalue weighted by Crippen LogP contribution is -2.27. The third kappa shape index (κ3) is 3.72. The summed E-state index contributed by atoms with van der Waals surface area (Å²) >= 11 is 3.09. The molecule has 0 atom stereocenters. The van der Waals surface area contributed by atoms with E-state index in [9.17, 15) is 4.79 Å². The number of hydrogen-bond acceptors (Lipinski definition) is 6. The zero-order chi connectivity index (χ0) is 16.6. The van der Waals surface area contributed by atoms with Crippen molar-refractivity contribution in [2.75, 3.05) is 5.75 Å². The van der Waals surface area contributed by atoms with Gasteiger partial charge in [0.15, 0.2) is 4.34 Å². The summed E-state index contributed by atoms with van der Waals surface area (Å²) in [5, 5.41) is 2.00. The average molecular weight is 348 g/mol. The van der Waals surface area contributed by atoms with Crippen LogP contribution in [0.3, 0.4) is 0 Å². The second kappa shape index (κ2) is 6.20. The van der Waals surface area contributed by atoms with E-state index >= 15 is 0 Å². The van der Waals surface area contributed by atoms with Crippen molar-refractivity contribution < 1.29 is 4.79 Å². The van der Waals surface area contributed by atoms with Gasteiger partial charge in [-0.3, -0.25) is 4.79 Å². The van der Waals surface area contributed by atoms with Crippen LogP contribution in [0, 0.1) is 6.92 Å². The maximum Gasteiger partial charge on any atom is 0.233 e. The highest BCUT2D eigenvalue weighted by Crippen LogP contribution is 2.27. The highest BCUT2D eigenvalue weighted by Gasteiger charge is 2.27. The lowest BCUT2D eigenvalue weighted by Gasteiger charge is -2.16. The first-order valence-electron chi connectivity index (χ1n) is 7.51. The van der Waals surface area contributed by atoms with E-state index in [1.165, 1.54) is 11.8 Å². The molecule has 0 saturated heterocycles. The predicted molar refractivity (Wildman–Crippen MR) is 92.6 cm³/mol. The van der Waals surface area contributed by atoms with E-state index < -0.39 is 0 Å². The van der Waals surface area contributed by atoms with E-state index in [1.807, 2.05) is 23.4 Å². The fraction of sp³-hybridized carbons (Fsp3) is 0.500. The van der Waals surface area contributed by atoms with Crippen LogP contribution in [0.15, 0.2) is 15.9 Å². The number of rotatable bonds is 3. The van der Waals surface area contributed by atoms with Crippen LogP contribution in [0.2, 0.25) is 0 Å². The van der Waals surface area contributed by atoms with Gasteiger partial charge >= 0.3 is 0 Å². The Hall–Kier alpha value is -1.47. The number of hydrogen-bond donors (Lipinski definition) is 0. The highest BCUT2D eigenvalue weighted by atomic mass is 32.2. The molecule has 0 fully saturated rings. The van der Waals surface area contributed by atoms with Gasteiger partial charge in [-0.2, -0.15) is 0 Å². The Kier molecular flexibility index (Phi) is 4.42. The molecule has 0 N–H and O–H groups in total. The molecule has 122 valence electrons. The molecule has 0 aromatic carbocycles. The molecule has 0 spiro atoms. The molecule has 5 nitrogen and oxygen atoms in total. The SMILES string of the molecule is Cc1csc(SCC(=O)N2Cc3cnc(C(C)(C)C)nc3C2)n1. The number of aromatic nitrogens is 3. The summed E-state index contributed by atoms with van der Waals surface area (Å²) in [4.78, 5) is 27.7. The molecule has 1 aliphatic heterocycles. The lowest BCUT2D eigenvalue weighted by molar-refractivity contribution is -0.128. The van der Waals surface area contributed by atoms with Gasteiger partial charge in [0, 0.05) is 34.8 Å². The van der Waals surface area contributed by atoms with Crippen LogP contribution in [0.4, 0.5) is 0 Å². The molecule has 3 rings (SSSR count). The standard InChI is InChI=1S/C16H20N4OS2/c1-10-8-22-15(18-10)23-9-13(21)20-6-11-5-17-14(16(2,3)4)19-12(11)7-20/h5,8H,6-7,9H2,1-4H3. The smallest absolute Gasteiger partial charge is 0.233 e. The van der Waals surface area contributed by atoms with Crippen molar-refractivity contribution in [3.8, 4) is 0 Å².